The third-order valence-corrected chi connectivity index (χ3v) is 4.01. The van der Waals surface area contributed by atoms with E-state index in [1.54, 1.807) is 6.33 Å². The molecule has 6 heteroatoms. The number of unbranched alkanes of at least 4 members (excludes halogenated alkanes) is 3. The van der Waals surface area contributed by atoms with Crippen LogP contribution in [0.2, 0.25) is 0 Å². The first-order valence-electron chi connectivity index (χ1n) is 8.14. The van der Waals surface area contributed by atoms with Gasteiger partial charge in [0, 0.05) is 26.7 Å². The lowest BCUT2D eigenvalue weighted by Gasteiger charge is -2.18. The van der Waals surface area contributed by atoms with Crippen LogP contribution in [0.3, 0.4) is 0 Å². The Balaban J connectivity index is 2.24. The van der Waals surface area contributed by atoms with Crippen LogP contribution in [0.25, 0.3) is 11.2 Å². The second kappa shape index (κ2) is 8.08. The van der Waals surface area contributed by atoms with E-state index in [0.717, 1.165) is 29.8 Å². The number of aromatic nitrogens is 4. The van der Waals surface area contributed by atoms with E-state index in [1.807, 2.05) is 25.3 Å². The fourth-order valence-electron chi connectivity index (χ4n) is 2.81. The highest BCUT2D eigenvalue weighted by atomic mass is 16.3. The maximum Gasteiger partial charge on any atom is 0.165 e. The van der Waals surface area contributed by atoms with E-state index in [-0.39, 0.29) is 12.6 Å². The minimum Gasteiger partial charge on any atom is -0.396 e. The predicted molar refractivity (Wildman–Crippen MR) is 89.1 cm³/mol. The highest BCUT2D eigenvalue weighted by molar-refractivity contribution is 5.83. The summed E-state index contributed by atoms with van der Waals surface area (Å²) in [5.74, 6) is 0.831. The molecule has 1 unspecified atom stereocenters. The lowest BCUT2D eigenvalue weighted by atomic mass is 10.0. The van der Waals surface area contributed by atoms with E-state index in [4.69, 9.17) is 0 Å². The first-order chi connectivity index (χ1) is 10.7. The summed E-state index contributed by atoms with van der Waals surface area (Å²) in [6.45, 7) is 2.40. The Morgan fingerprint density at radius 1 is 1.14 bits per heavy atom. The number of anilines is 1. The second-order valence-corrected chi connectivity index (χ2v) is 5.93. The van der Waals surface area contributed by atoms with Gasteiger partial charge in [-0.3, -0.25) is 0 Å². The van der Waals surface area contributed by atoms with Gasteiger partial charge in [0.15, 0.2) is 17.0 Å². The molecule has 6 nitrogen and oxygen atoms in total. The average molecular weight is 305 g/mol. The fraction of sp³-hybridized carbons (Fsp3) is 0.688. The molecule has 2 aromatic heterocycles. The molecule has 1 atom stereocenters. The molecule has 2 rings (SSSR count). The van der Waals surface area contributed by atoms with Gasteiger partial charge in [0.2, 0.25) is 0 Å². The molecule has 0 radical (unpaired) electrons. The van der Waals surface area contributed by atoms with Crippen LogP contribution in [0.1, 0.15) is 51.5 Å². The topological polar surface area (TPSA) is 67.1 Å². The Kier molecular flexibility index (Phi) is 6.12. The zero-order chi connectivity index (χ0) is 15.9. The predicted octanol–water partition coefficient (Wildman–Crippen LogP) is 2.79. The van der Waals surface area contributed by atoms with Crippen molar-refractivity contribution in [3.05, 3.63) is 12.7 Å². The third kappa shape index (κ3) is 3.74. The molecule has 2 aromatic rings. The highest BCUT2D eigenvalue weighted by Crippen LogP contribution is 2.26. The van der Waals surface area contributed by atoms with Crippen LogP contribution in [0.5, 0.6) is 0 Å². The van der Waals surface area contributed by atoms with Gasteiger partial charge < -0.3 is 14.6 Å². The summed E-state index contributed by atoms with van der Waals surface area (Å²) < 4.78 is 2.10. The van der Waals surface area contributed by atoms with Crippen LogP contribution in [0.4, 0.5) is 5.82 Å². The molecule has 0 amide bonds. The molecule has 0 spiro atoms. The van der Waals surface area contributed by atoms with E-state index < -0.39 is 0 Å². The smallest absolute Gasteiger partial charge is 0.165 e. The number of nitrogens with zero attached hydrogens (tertiary/aromatic N) is 5. The van der Waals surface area contributed by atoms with E-state index in [9.17, 15) is 5.11 Å². The summed E-state index contributed by atoms with van der Waals surface area (Å²) in [6.07, 6.45) is 10.1. The van der Waals surface area contributed by atoms with Crippen molar-refractivity contribution in [3.8, 4) is 0 Å². The molecule has 0 fully saturated rings. The average Bonchev–Trinajstić information content (AvgIpc) is 2.94. The molecule has 122 valence electrons. The maximum absolute atomic E-state index is 9.38. The maximum atomic E-state index is 9.38. The number of fused-ring (bicyclic) bond motifs is 1. The van der Waals surface area contributed by atoms with Gasteiger partial charge in [0.25, 0.3) is 0 Å². The van der Waals surface area contributed by atoms with Crippen molar-refractivity contribution in [2.75, 3.05) is 25.6 Å². The van der Waals surface area contributed by atoms with Crippen LogP contribution in [-0.2, 0) is 0 Å². The van der Waals surface area contributed by atoms with Crippen LogP contribution in [-0.4, -0.2) is 45.3 Å². The SMILES string of the molecule is CCCCCCC(CCO)n1cnc2c(N(C)C)ncnc21. The van der Waals surface area contributed by atoms with E-state index >= 15 is 0 Å². The Labute approximate surface area is 132 Å². The van der Waals surface area contributed by atoms with Crippen LogP contribution >= 0.6 is 0 Å². The summed E-state index contributed by atoms with van der Waals surface area (Å²) in [4.78, 5) is 15.2. The number of imidazole rings is 1. The van der Waals surface area contributed by atoms with Crippen molar-refractivity contribution >= 4 is 17.0 Å². The van der Waals surface area contributed by atoms with E-state index in [0.29, 0.717) is 0 Å². The van der Waals surface area contributed by atoms with Gasteiger partial charge in [-0.25, -0.2) is 15.0 Å². The Hall–Kier alpha value is -1.69. The molecule has 0 aliphatic heterocycles. The number of aliphatic hydroxyl groups excluding tert-OH is 1. The van der Waals surface area contributed by atoms with Gasteiger partial charge in [-0.1, -0.05) is 32.6 Å². The molecule has 0 saturated carbocycles. The molecule has 0 aromatic carbocycles. The fourth-order valence-corrected chi connectivity index (χ4v) is 2.81. The number of rotatable bonds is 9. The molecule has 0 aliphatic carbocycles. The normalized spacial score (nSPS) is 12.7. The van der Waals surface area contributed by atoms with E-state index in [2.05, 4.69) is 26.4 Å². The van der Waals surface area contributed by atoms with Gasteiger partial charge in [-0.05, 0) is 12.8 Å². The van der Waals surface area contributed by atoms with Gasteiger partial charge in [-0.2, -0.15) is 0 Å². The molecule has 0 saturated heterocycles. The van der Waals surface area contributed by atoms with Gasteiger partial charge >= 0.3 is 0 Å². The lowest BCUT2D eigenvalue weighted by Crippen LogP contribution is -2.13. The number of aliphatic hydroxyl groups is 1. The van der Waals surface area contributed by atoms with Crippen molar-refractivity contribution in [2.24, 2.45) is 0 Å². The van der Waals surface area contributed by atoms with Gasteiger partial charge in [0.05, 0.1) is 6.33 Å². The summed E-state index contributed by atoms with van der Waals surface area (Å²) in [5, 5.41) is 9.38. The monoisotopic (exact) mass is 305 g/mol. The number of hydrogen-bond acceptors (Lipinski definition) is 5. The van der Waals surface area contributed by atoms with Crippen LogP contribution in [0, 0.1) is 0 Å². The second-order valence-electron chi connectivity index (χ2n) is 5.93. The minimum atomic E-state index is 0.184. The molecule has 0 aliphatic rings. The van der Waals surface area contributed by atoms with E-state index in [1.165, 1.54) is 25.7 Å². The van der Waals surface area contributed by atoms with Crippen molar-refractivity contribution in [3.63, 3.8) is 0 Å². The standard InChI is InChI=1S/C16H27N5O/c1-4-5-6-7-8-13(9-10-22)21-12-19-14-15(20(2)3)17-11-18-16(14)21/h11-13,22H,4-10H2,1-3H3. The quantitative estimate of drug-likeness (QED) is 0.722. The molecular formula is C16H27N5O. The first kappa shape index (κ1) is 16.7. The Bertz CT molecular complexity index is 581. The summed E-state index contributed by atoms with van der Waals surface area (Å²) >= 11 is 0. The lowest BCUT2D eigenvalue weighted by molar-refractivity contribution is 0.251. The largest absolute Gasteiger partial charge is 0.396 e. The Morgan fingerprint density at radius 2 is 1.95 bits per heavy atom. The van der Waals surface area contributed by atoms with Crippen LogP contribution < -0.4 is 4.90 Å². The third-order valence-electron chi connectivity index (χ3n) is 4.01. The van der Waals surface area contributed by atoms with Crippen molar-refractivity contribution in [2.45, 2.75) is 51.5 Å². The zero-order valence-electron chi connectivity index (χ0n) is 13.9. The molecule has 0 bridgehead atoms. The highest BCUT2D eigenvalue weighted by Gasteiger charge is 2.17. The zero-order valence-corrected chi connectivity index (χ0v) is 13.9. The van der Waals surface area contributed by atoms with Gasteiger partial charge in [0.1, 0.15) is 6.33 Å². The minimum absolute atomic E-state index is 0.184. The van der Waals surface area contributed by atoms with Crippen molar-refractivity contribution < 1.29 is 5.11 Å². The Morgan fingerprint density at radius 3 is 2.64 bits per heavy atom. The summed E-state index contributed by atoms with van der Waals surface area (Å²) in [6, 6.07) is 0.247. The van der Waals surface area contributed by atoms with Crippen LogP contribution in [0.15, 0.2) is 12.7 Å². The van der Waals surface area contributed by atoms with Gasteiger partial charge in [-0.15, -0.1) is 0 Å². The van der Waals surface area contributed by atoms with Crippen molar-refractivity contribution in [1.82, 2.24) is 19.5 Å². The summed E-state index contributed by atoms with van der Waals surface area (Å²) in [5.41, 5.74) is 1.68. The summed E-state index contributed by atoms with van der Waals surface area (Å²) in [7, 11) is 3.91. The molecule has 22 heavy (non-hydrogen) atoms. The molecule has 2 heterocycles. The molecular weight excluding hydrogens is 278 g/mol. The number of hydrogen-bond donors (Lipinski definition) is 1. The van der Waals surface area contributed by atoms with Crippen molar-refractivity contribution in [1.29, 1.82) is 0 Å². The first-order valence-corrected chi connectivity index (χ1v) is 8.14. The molecule has 1 N–H and O–H groups in total.